The van der Waals surface area contributed by atoms with Gasteiger partial charge in [0.1, 0.15) is 23.3 Å². The van der Waals surface area contributed by atoms with E-state index in [0.717, 1.165) is 22.6 Å². The van der Waals surface area contributed by atoms with E-state index in [1.165, 1.54) is 6.26 Å². The van der Waals surface area contributed by atoms with Crippen LogP contribution >= 0.6 is 0 Å². The molecule has 0 unspecified atom stereocenters. The molecule has 0 saturated heterocycles. The predicted molar refractivity (Wildman–Crippen MR) is 77.0 cm³/mol. The van der Waals surface area contributed by atoms with Gasteiger partial charge in [0, 0.05) is 17.5 Å². The van der Waals surface area contributed by atoms with Crippen LogP contribution in [0.1, 0.15) is 28.4 Å². The number of hydrogen-bond acceptors (Lipinski definition) is 5. The van der Waals surface area contributed by atoms with Gasteiger partial charge in [0.25, 0.3) is 0 Å². The van der Waals surface area contributed by atoms with Crippen LogP contribution in [0.25, 0.3) is 0 Å². The van der Waals surface area contributed by atoms with Crippen molar-refractivity contribution in [3.05, 3.63) is 47.4 Å². The zero-order valence-electron chi connectivity index (χ0n) is 12.3. The van der Waals surface area contributed by atoms with Crippen molar-refractivity contribution in [3.8, 4) is 11.5 Å². The molecule has 0 radical (unpaired) electrons. The van der Waals surface area contributed by atoms with Gasteiger partial charge in [-0.25, -0.2) is 4.79 Å². The van der Waals surface area contributed by atoms with Gasteiger partial charge in [-0.05, 0) is 25.1 Å². The fraction of sp³-hybridized carbons (Fsp3) is 0.312. The molecule has 0 aliphatic rings. The third kappa shape index (κ3) is 3.37. The Balaban J connectivity index is 2.30. The predicted octanol–water partition coefficient (Wildman–Crippen LogP) is 3.06. The first-order chi connectivity index (χ1) is 10.2. The van der Waals surface area contributed by atoms with Gasteiger partial charge < -0.3 is 18.6 Å². The van der Waals surface area contributed by atoms with Gasteiger partial charge in [0.2, 0.25) is 0 Å². The molecular formula is C16H18O5. The van der Waals surface area contributed by atoms with Crippen LogP contribution in [-0.4, -0.2) is 26.8 Å². The maximum Gasteiger partial charge on any atom is 0.341 e. The van der Waals surface area contributed by atoms with E-state index in [2.05, 4.69) is 0 Å². The lowest BCUT2D eigenvalue weighted by molar-refractivity contribution is 0.0524. The molecule has 2 aromatic rings. The molecule has 0 atom stereocenters. The number of hydrogen-bond donors (Lipinski definition) is 0. The molecule has 2 rings (SSSR count). The number of ether oxygens (including phenoxy) is 3. The second kappa shape index (κ2) is 6.83. The summed E-state index contributed by atoms with van der Waals surface area (Å²) in [5.41, 5.74) is 2.09. The van der Waals surface area contributed by atoms with Crippen molar-refractivity contribution in [1.29, 1.82) is 0 Å². The third-order valence-electron chi connectivity index (χ3n) is 3.11. The van der Waals surface area contributed by atoms with Gasteiger partial charge in [-0.15, -0.1) is 0 Å². The van der Waals surface area contributed by atoms with Gasteiger partial charge in [0.05, 0.1) is 27.1 Å². The topological polar surface area (TPSA) is 57.9 Å². The number of methoxy groups -OCH3 is 2. The Morgan fingerprint density at radius 3 is 2.62 bits per heavy atom. The van der Waals surface area contributed by atoms with Crippen LogP contribution in [0.3, 0.4) is 0 Å². The number of esters is 1. The number of rotatable bonds is 6. The highest BCUT2D eigenvalue weighted by molar-refractivity contribution is 5.90. The largest absolute Gasteiger partial charge is 0.497 e. The molecule has 0 spiro atoms. The number of carbonyl (C=O) groups is 1. The van der Waals surface area contributed by atoms with Crippen LogP contribution in [0.2, 0.25) is 0 Å². The van der Waals surface area contributed by atoms with Crippen molar-refractivity contribution in [2.45, 2.75) is 13.3 Å². The molecule has 0 aliphatic carbocycles. The average molecular weight is 290 g/mol. The monoisotopic (exact) mass is 290 g/mol. The number of furan rings is 1. The van der Waals surface area contributed by atoms with Crippen LogP contribution in [0.4, 0.5) is 0 Å². The Hall–Kier alpha value is -2.43. The summed E-state index contributed by atoms with van der Waals surface area (Å²) in [7, 11) is 3.21. The Morgan fingerprint density at radius 1 is 1.14 bits per heavy atom. The maximum absolute atomic E-state index is 11.9. The normalized spacial score (nSPS) is 10.2. The summed E-state index contributed by atoms with van der Waals surface area (Å²) in [6.07, 6.45) is 3.44. The van der Waals surface area contributed by atoms with Gasteiger partial charge in [-0.1, -0.05) is 0 Å². The Morgan fingerprint density at radius 2 is 1.95 bits per heavy atom. The molecule has 5 heteroatoms. The van der Waals surface area contributed by atoms with Crippen LogP contribution in [0.5, 0.6) is 11.5 Å². The fourth-order valence-corrected chi connectivity index (χ4v) is 2.07. The number of benzene rings is 1. The van der Waals surface area contributed by atoms with E-state index < -0.39 is 0 Å². The molecule has 5 nitrogen and oxygen atoms in total. The minimum Gasteiger partial charge on any atom is -0.497 e. The molecule has 0 bridgehead atoms. The lowest BCUT2D eigenvalue weighted by Crippen LogP contribution is -2.06. The standard InChI is InChI=1S/C16H18O5/c1-4-21-16(17)14-10-20-9-12(14)7-11-8-13(18-2)5-6-15(11)19-3/h5-6,8-10H,4,7H2,1-3H3. The Bertz CT molecular complexity index is 615. The molecule has 0 fully saturated rings. The molecule has 1 heterocycles. The molecule has 1 aromatic carbocycles. The van der Waals surface area contributed by atoms with Crippen LogP contribution in [0.15, 0.2) is 35.1 Å². The molecule has 1 aromatic heterocycles. The highest BCUT2D eigenvalue weighted by Crippen LogP contribution is 2.27. The van der Waals surface area contributed by atoms with E-state index in [9.17, 15) is 4.79 Å². The summed E-state index contributed by atoms with van der Waals surface area (Å²) in [6, 6.07) is 5.53. The Kier molecular flexibility index (Phi) is 4.87. The van der Waals surface area contributed by atoms with Crippen molar-refractivity contribution in [2.24, 2.45) is 0 Å². The number of carbonyl (C=O) groups excluding carboxylic acids is 1. The molecule has 112 valence electrons. The first-order valence-electron chi connectivity index (χ1n) is 6.62. The van der Waals surface area contributed by atoms with E-state index in [4.69, 9.17) is 18.6 Å². The molecule has 21 heavy (non-hydrogen) atoms. The van der Waals surface area contributed by atoms with Crippen molar-refractivity contribution in [1.82, 2.24) is 0 Å². The second-order valence-electron chi connectivity index (χ2n) is 4.39. The van der Waals surface area contributed by atoms with E-state index in [0.29, 0.717) is 18.6 Å². The van der Waals surface area contributed by atoms with Crippen molar-refractivity contribution >= 4 is 5.97 Å². The molecule has 0 saturated carbocycles. The van der Waals surface area contributed by atoms with Crippen molar-refractivity contribution < 1.29 is 23.4 Å². The lowest BCUT2D eigenvalue weighted by Gasteiger charge is -2.10. The minimum atomic E-state index is -0.386. The molecule has 0 amide bonds. The fourth-order valence-electron chi connectivity index (χ4n) is 2.07. The van der Waals surface area contributed by atoms with Crippen LogP contribution < -0.4 is 9.47 Å². The zero-order valence-corrected chi connectivity index (χ0v) is 12.3. The van der Waals surface area contributed by atoms with Gasteiger partial charge >= 0.3 is 5.97 Å². The van der Waals surface area contributed by atoms with Crippen LogP contribution in [0, 0.1) is 0 Å². The summed E-state index contributed by atoms with van der Waals surface area (Å²) in [4.78, 5) is 11.9. The van der Waals surface area contributed by atoms with Crippen molar-refractivity contribution in [3.63, 3.8) is 0 Å². The zero-order chi connectivity index (χ0) is 15.2. The van der Waals surface area contributed by atoms with Crippen molar-refractivity contribution in [2.75, 3.05) is 20.8 Å². The molecule has 0 N–H and O–H groups in total. The third-order valence-corrected chi connectivity index (χ3v) is 3.11. The Labute approximate surface area is 123 Å². The SMILES string of the molecule is CCOC(=O)c1cocc1Cc1cc(OC)ccc1OC. The highest BCUT2D eigenvalue weighted by Gasteiger charge is 2.17. The first kappa shape index (κ1) is 15.0. The smallest absolute Gasteiger partial charge is 0.341 e. The van der Waals surface area contributed by atoms with Gasteiger partial charge in [0.15, 0.2) is 0 Å². The van der Waals surface area contributed by atoms with E-state index in [-0.39, 0.29) is 5.97 Å². The van der Waals surface area contributed by atoms with E-state index >= 15 is 0 Å². The summed E-state index contributed by atoms with van der Waals surface area (Å²) < 4.78 is 20.7. The summed E-state index contributed by atoms with van der Waals surface area (Å²) in [5.74, 6) is 1.07. The maximum atomic E-state index is 11.9. The minimum absolute atomic E-state index is 0.325. The molecular weight excluding hydrogens is 272 g/mol. The highest BCUT2D eigenvalue weighted by atomic mass is 16.5. The van der Waals surface area contributed by atoms with E-state index in [1.807, 2.05) is 18.2 Å². The lowest BCUT2D eigenvalue weighted by atomic mass is 10.0. The molecule has 0 aliphatic heterocycles. The van der Waals surface area contributed by atoms with Gasteiger partial charge in [-0.2, -0.15) is 0 Å². The first-order valence-corrected chi connectivity index (χ1v) is 6.62. The second-order valence-corrected chi connectivity index (χ2v) is 4.39. The average Bonchev–Trinajstić information content (AvgIpc) is 2.95. The van der Waals surface area contributed by atoms with Gasteiger partial charge in [-0.3, -0.25) is 0 Å². The summed E-state index contributed by atoms with van der Waals surface area (Å²) in [5, 5.41) is 0. The summed E-state index contributed by atoms with van der Waals surface area (Å²) >= 11 is 0. The van der Waals surface area contributed by atoms with E-state index in [1.54, 1.807) is 27.4 Å². The van der Waals surface area contributed by atoms with Crippen LogP contribution in [-0.2, 0) is 11.2 Å². The summed E-state index contributed by atoms with van der Waals surface area (Å²) in [6.45, 7) is 2.09. The quantitative estimate of drug-likeness (QED) is 0.765.